The SMILES string of the molecule is CC(SCC(=O)Nc1ccccc1)C(=O)N1CCCC1C(=O)O. The van der Waals surface area contributed by atoms with E-state index in [1.807, 2.05) is 18.2 Å². The van der Waals surface area contributed by atoms with Gasteiger partial charge in [-0.15, -0.1) is 11.8 Å². The van der Waals surface area contributed by atoms with Gasteiger partial charge in [-0.25, -0.2) is 4.79 Å². The summed E-state index contributed by atoms with van der Waals surface area (Å²) < 4.78 is 0. The number of rotatable bonds is 6. The van der Waals surface area contributed by atoms with Crippen molar-refractivity contribution in [2.45, 2.75) is 31.1 Å². The van der Waals surface area contributed by atoms with Crippen molar-refractivity contribution in [1.82, 2.24) is 4.90 Å². The molecule has 0 bridgehead atoms. The molecule has 124 valence electrons. The summed E-state index contributed by atoms with van der Waals surface area (Å²) in [5.74, 6) is -1.22. The van der Waals surface area contributed by atoms with Crippen LogP contribution in [0.2, 0.25) is 0 Å². The van der Waals surface area contributed by atoms with Gasteiger partial charge in [-0.1, -0.05) is 18.2 Å². The first-order valence-corrected chi connectivity index (χ1v) is 8.53. The van der Waals surface area contributed by atoms with Crippen molar-refractivity contribution in [3.63, 3.8) is 0 Å². The van der Waals surface area contributed by atoms with Crippen molar-refractivity contribution in [3.8, 4) is 0 Å². The molecule has 0 radical (unpaired) electrons. The number of carbonyl (C=O) groups excluding carboxylic acids is 2. The molecule has 0 spiro atoms. The van der Waals surface area contributed by atoms with E-state index >= 15 is 0 Å². The highest BCUT2D eigenvalue weighted by Gasteiger charge is 2.35. The average Bonchev–Trinajstić information content (AvgIpc) is 3.02. The van der Waals surface area contributed by atoms with Crippen LogP contribution in [0.25, 0.3) is 0 Å². The number of carboxylic acids is 1. The van der Waals surface area contributed by atoms with Crippen molar-refractivity contribution >= 4 is 35.2 Å². The monoisotopic (exact) mass is 336 g/mol. The van der Waals surface area contributed by atoms with Gasteiger partial charge in [0.15, 0.2) is 0 Å². The number of benzene rings is 1. The molecule has 1 heterocycles. The van der Waals surface area contributed by atoms with Crippen molar-refractivity contribution in [2.75, 3.05) is 17.6 Å². The number of thioether (sulfide) groups is 1. The number of hydrogen-bond donors (Lipinski definition) is 2. The zero-order chi connectivity index (χ0) is 16.8. The van der Waals surface area contributed by atoms with Crippen LogP contribution in [-0.2, 0) is 14.4 Å². The van der Waals surface area contributed by atoms with Gasteiger partial charge < -0.3 is 15.3 Å². The van der Waals surface area contributed by atoms with Gasteiger partial charge in [0.2, 0.25) is 11.8 Å². The van der Waals surface area contributed by atoms with Crippen molar-refractivity contribution < 1.29 is 19.5 Å². The number of carbonyl (C=O) groups is 3. The van der Waals surface area contributed by atoms with Gasteiger partial charge in [-0.3, -0.25) is 9.59 Å². The van der Waals surface area contributed by atoms with E-state index in [1.54, 1.807) is 19.1 Å². The summed E-state index contributed by atoms with van der Waals surface area (Å²) in [5, 5.41) is 11.4. The lowest BCUT2D eigenvalue weighted by molar-refractivity contribution is -0.147. The maximum Gasteiger partial charge on any atom is 0.326 e. The lowest BCUT2D eigenvalue weighted by atomic mass is 10.2. The van der Waals surface area contributed by atoms with Gasteiger partial charge in [-0.05, 0) is 31.9 Å². The standard InChI is InChI=1S/C16H20N2O4S/c1-11(15(20)18-9-5-8-13(18)16(21)22)23-10-14(19)17-12-6-3-2-4-7-12/h2-4,6-7,11,13H,5,8-10H2,1H3,(H,17,19)(H,21,22). The van der Waals surface area contributed by atoms with Crippen LogP contribution >= 0.6 is 11.8 Å². The first-order valence-electron chi connectivity index (χ1n) is 7.49. The molecule has 0 aromatic heterocycles. The highest BCUT2D eigenvalue weighted by atomic mass is 32.2. The lowest BCUT2D eigenvalue weighted by Crippen LogP contribution is -2.44. The van der Waals surface area contributed by atoms with Gasteiger partial charge >= 0.3 is 5.97 Å². The molecule has 7 heteroatoms. The summed E-state index contributed by atoms with van der Waals surface area (Å²) in [6, 6.07) is 8.36. The second-order valence-corrected chi connectivity index (χ2v) is 6.72. The van der Waals surface area contributed by atoms with Gasteiger partial charge in [0.1, 0.15) is 6.04 Å². The fourth-order valence-corrected chi connectivity index (χ4v) is 3.26. The Balaban J connectivity index is 1.82. The van der Waals surface area contributed by atoms with E-state index in [0.717, 1.165) is 0 Å². The number of likely N-dealkylation sites (tertiary alicyclic amines) is 1. The minimum atomic E-state index is -0.963. The fourth-order valence-electron chi connectivity index (χ4n) is 2.51. The van der Waals surface area contributed by atoms with Gasteiger partial charge in [0, 0.05) is 12.2 Å². The van der Waals surface area contributed by atoms with Crippen LogP contribution in [0.1, 0.15) is 19.8 Å². The Morgan fingerprint density at radius 3 is 2.70 bits per heavy atom. The molecule has 0 saturated carbocycles. The van der Waals surface area contributed by atoms with E-state index < -0.39 is 17.3 Å². The third kappa shape index (κ3) is 4.72. The Bertz CT molecular complexity index is 579. The van der Waals surface area contributed by atoms with E-state index in [1.165, 1.54) is 16.7 Å². The number of hydrogen-bond acceptors (Lipinski definition) is 4. The smallest absolute Gasteiger partial charge is 0.326 e. The highest BCUT2D eigenvalue weighted by molar-refractivity contribution is 8.01. The summed E-state index contributed by atoms with van der Waals surface area (Å²) in [5.41, 5.74) is 0.711. The zero-order valence-corrected chi connectivity index (χ0v) is 13.7. The molecule has 2 atom stereocenters. The molecule has 2 N–H and O–H groups in total. The molecule has 1 aliphatic heterocycles. The van der Waals surface area contributed by atoms with Gasteiger partial charge in [0.05, 0.1) is 11.0 Å². The Hall–Kier alpha value is -2.02. The van der Waals surface area contributed by atoms with Crippen LogP contribution in [-0.4, -0.2) is 51.4 Å². The number of nitrogens with zero attached hydrogens (tertiary/aromatic N) is 1. The van der Waals surface area contributed by atoms with Crippen LogP contribution in [0.15, 0.2) is 30.3 Å². The molecule has 0 aliphatic carbocycles. The summed E-state index contributed by atoms with van der Waals surface area (Å²) >= 11 is 1.22. The Labute approximate surface area is 139 Å². The number of amides is 2. The molecule has 6 nitrogen and oxygen atoms in total. The van der Waals surface area contributed by atoms with Crippen LogP contribution in [0.4, 0.5) is 5.69 Å². The first kappa shape index (κ1) is 17.3. The minimum absolute atomic E-state index is 0.146. The zero-order valence-electron chi connectivity index (χ0n) is 12.9. The summed E-state index contributed by atoms with van der Waals surface area (Å²) in [7, 11) is 0. The average molecular weight is 336 g/mol. The molecule has 2 amide bonds. The molecular formula is C16H20N2O4S. The predicted molar refractivity (Wildman–Crippen MR) is 89.4 cm³/mol. The van der Waals surface area contributed by atoms with Crippen LogP contribution in [0.3, 0.4) is 0 Å². The van der Waals surface area contributed by atoms with Crippen LogP contribution < -0.4 is 5.32 Å². The minimum Gasteiger partial charge on any atom is -0.480 e. The van der Waals surface area contributed by atoms with Crippen LogP contribution in [0.5, 0.6) is 0 Å². The quantitative estimate of drug-likeness (QED) is 0.827. The number of carboxylic acid groups (broad SMARTS) is 1. The molecular weight excluding hydrogens is 316 g/mol. The molecule has 1 aromatic rings. The molecule has 1 fully saturated rings. The van der Waals surface area contributed by atoms with E-state index in [-0.39, 0.29) is 17.6 Å². The second kappa shape index (κ2) is 8.01. The van der Waals surface area contributed by atoms with E-state index in [4.69, 9.17) is 5.11 Å². The van der Waals surface area contributed by atoms with Crippen molar-refractivity contribution in [1.29, 1.82) is 0 Å². The third-order valence-electron chi connectivity index (χ3n) is 3.69. The Kier molecular flexibility index (Phi) is 6.04. The Morgan fingerprint density at radius 2 is 2.04 bits per heavy atom. The normalized spacial score (nSPS) is 18.5. The topological polar surface area (TPSA) is 86.7 Å². The number of para-hydroxylation sites is 1. The Morgan fingerprint density at radius 1 is 1.35 bits per heavy atom. The van der Waals surface area contributed by atoms with Gasteiger partial charge in [0.25, 0.3) is 0 Å². The largest absolute Gasteiger partial charge is 0.480 e. The van der Waals surface area contributed by atoms with Crippen molar-refractivity contribution in [3.05, 3.63) is 30.3 Å². The molecule has 2 rings (SSSR count). The summed E-state index contributed by atoms with van der Waals surface area (Å²) in [6.45, 7) is 2.18. The molecule has 1 saturated heterocycles. The lowest BCUT2D eigenvalue weighted by Gasteiger charge is -2.24. The molecule has 2 unspecified atom stereocenters. The van der Waals surface area contributed by atoms with E-state index in [2.05, 4.69) is 5.32 Å². The molecule has 23 heavy (non-hydrogen) atoms. The molecule has 1 aromatic carbocycles. The maximum absolute atomic E-state index is 12.3. The maximum atomic E-state index is 12.3. The second-order valence-electron chi connectivity index (χ2n) is 5.40. The van der Waals surface area contributed by atoms with Crippen LogP contribution in [0, 0.1) is 0 Å². The van der Waals surface area contributed by atoms with Gasteiger partial charge in [-0.2, -0.15) is 0 Å². The number of anilines is 1. The molecule has 1 aliphatic rings. The van der Waals surface area contributed by atoms with E-state index in [9.17, 15) is 14.4 Å². The number of aliphatic carboxylic acids is 1. The fraction of sp³-hybridized carbons (Fsp3) is 0.438. The van der Waals surface area contributed by atoms with Crippen molar-refractivity contribution in [2.24, 2.45) is 0 Å². The predicted octanol–water partition coefficient (Wildman–Crippen LogP) is 1.82. The number of nitrogens with one attached hydrogen (secondary N) is 1. The summed E-state index contributed by atoms with van der Waals surface area (Å²) in [6.07, 6.45) is 1.20. The highest BCUT2D eigenvalue weighted by Crippen LogP contribution is 2.22. The summed E-state index contributed by atoms with van der Waals surface area (Å²) in [4.78, 5) is 36.8. The van der Waals surface area contributed by atoms with E-state index in [0.29, 0.717) is 25.1 Å². The first-order chi connectivity index (χ1) is 11.0. The third-order valence-corrected chi connectivity index (χ3v) is 4.82.